The van der Waals surface area contributed by atoms with Crippen molar-refractivity contribution >= 4 is 0 Å². The van der Waals surface area contributed by atoms with Crippen LogP contribution in [0.25, 0.3) is 0 Å². The minimum atomic E-state index is -0.104. The van der Waals surface area contributed by atoms with Gasteiger partial charge in [-0.05, 0) is 30.2 Å². The van der Waals surface area contributed by atoms with Crippen molar-refractivity contribution in [1.29, 1.82) is 0 Å². The van der Waals surface area contributed by atoms with Crippen LogP contribution in [0.3, 0.4) is 0 Å². The van der Waals surface area contributed by atoms with E-state index in [9.17, 15) is 0 Å². The predicted molar refractivity (Wildman–Crippen MR) is 67.9 cm³/mol. The Kier molecular flexibility index (Phi) is 3.73. The summed E-state index contributed by atoms with van der Waals surface area (Å²) in [5.74, 6) is 0.874. The number of methoxy groups -OCH3 is 1. The molecule has 0 radical (unpaired) electrons. The van der Waals surface area contributed by atoms with Gasteiger partial charge in [0.25, 0.3) is 0 Å². The summed E-state index contributed by atoms with van der Waals surface area (Å²) in [5, 5.41) is 0. The molecule has 1 unspecified atom stereocenters. The summed E-state index contributed by atoms with van der Waals surface area (Å²) in [6, 6.07) is 13.6. The third-order valence-corrected chi connectivity index (χ3v) is 2.70. The van der Waals surface area contributed by atoms with Crippen molar-refractivity contribution in [2.45, 2.75) is 12.5 Å². The van der Waals surface area contributed by atoms with E-state index in [1.807, 2.05) is 42.5 Å². The van der Waals surface area contributed by atoms with Gasteiger partial charge < -0.3 is 10.5 Å². The molecule has 88 valence electrons. The first-order valence-electron chi connectivity index (χ1n) is 5.59. The molecule has 17 heavy (non-hydrogen) atoms. The van der Waals surface area contributed by atoms with Gasteiger partial charge in [-0.15, -0.1) is 0 Å². The third kappa shape index (κ3) is 2.82. The van der Waals surface area contributed by atoms with Crippen molar-refractivity contribution in [3.63, 3.8) is 0 Å². The number of aromatic nitrogens is 1. The van der Waals surface area contributed by atoms with Crippen LogP contribution >= 0.6 is 0 Å². The summed E-state index contributed by atoms with van der Waals surface area (Å²) in [4.78, 5) is 4.26. The average Bonchev–Trinajstić information content (AvgIpc) is 2.40. The van der Waals surface area contributed by atoms with Gasteiger partial charge in [-0.2, -0.15) is 0 Å². The van der Waals surface area contributed by atoms with Gasteiger partial charge in [-0.25, -0.2) is 0 Å². The highest BCUT2D eigenvalue weighted by Gasteiger charge is 2.10. The number of nitrogens with two attached hydrogens (primary N) is 1. The van der Waals surface area contributed by atoms with Crippen molar-refractivity contribution < 1.29 is 4.74 Å². The molecule has 0 fully saturated rings. The SMILES string of the molecule is COc1ccccc1CC(N)c1ccccn1. The Labute approximate surface area is 101 Å². The lowest BCUT2D eigenvalue weighted by Gasteiger charge is -2.13. The van der Waals surface area contributed by atoms with E-state index in [2.05, 4.69) is 4.98 Å². The molecule has 2 N–H and O–H groups in total. The molecule has 0 spiro atoms. The quantitative estimate of drug-likeness (QED) is 0.873. The fourth-order valence-electron chi connectivity index (χ4n) is 1.81. The van der Waals surface area contributed by atoms with Crippen molar-refractivity contribution in [1.82, 2.24) is 4.98 Å². The van der Waals surface area contributed by atoms with Crippen LogP contribution in [0.15, 0.2) is 48.7 Å². The fraction of sp³-hybridized carbons (Fsp3) is 0.214. The van der Waals surface area contributed by atoms with E-state index in [0.717, 1.165) is 23.4 Å². The lowest BCUT2D eigenvalue weighted by molar-refractivity contribution is 0.408. The molecule has 0 saturated carbocycles. The van der Waals surface area contributed by atoms with Gasteiger partial charge in [-0.1, -0.05) is 24.3 Å². The van der Waals surface area contributed by atoms with Crippen molar-refractivity contribution in [2.24, 2.45) is 5.73 Å². The number of hydrogen-bond donors (Lipinski definition) is 1. The molecule has 1 heterocycles. The molecule has 1 aromatic carbocycles. The minimum absolute atomic E-state index is 0.104. The van der Waals surface area contributed by atoms with Gasteiger partial charge >= 0.3 is 0 Å². The largest absolute Gasteiger partial charge is 0.496 e. The van der Waals surface area contributed by atoms with Crippen LogP contribution in [0, 0.1) is 0 Å². The van der Waals surface area contributed by atoms with Gasteiger partial charge in [0, 0.05) is 6.20 Å². The molecule has 0 aliphatic rings. The summed E-state index contributed by atoms with van der Waals surface area (Å²) in [7, 11) is 1.67. The van der Waals surface area contributed by atoms with E-state index in [-0.39, 0.29) is 6.04 Å². The predicted octanol–water partition coefficient (Wildman–Crippen LogP) is 2.33. The molecule has 1 aromatic heterocycles. The monoisotopic (exact) mass is 228 g/mol. The molecule has 1 atom stereocenters. The molecule has 2 aromatic rings. The van der Waals surface area contributed by atoms with Crippen LogP contribution < -0.4 is 10.5 Å². The zero-order chi connectivity index (χ0) is 12.1. The molecule has 0 amide bonds. The second-order valence-electron chi connectivity index (χ2n) is 3.88. The van der Waals surface area contributed by atoms with Gasteiger partial charge in [-0.3, -0.25) is 4.98 Å². The molecule has 3 nitrogen and oxygen atoms in total. The molecule has 2 rings (SSSR count). The maximum Gasteiger partial charge on any atom is 0.122 e. The number of benzene rings is 1. The number of ether oxygens (including phenoxy) is 1. The minimum Gasteiger partial charge on any atom is -0.496 e. The lowest BCUT2D eigenvalue weighted by Crippen LogP contribution is -2.15. The normalized spacial score (nSPS) is 12.1. The van der Waals surface area contributed by atoms with Crippen LogP contribution in [-0.4, -0.2) is 12.1 Å². The van der Waals surface area contributed by atoms with Crippen molar-refractivity contribution in [3.8, 4) is 5.75 Å². The summed E-state index contributed by atoms with van der Waals surface area (Å²) in [6.07, 6.45) is 2.48. The first kappa shape index (κ1) is 11.6. The fourth-order valence-corrected chi connectivity index (χ4v) is 1.81. The van der Waals surface area contributed by atoms with E-state index in [1.54, 1.807) is 13.3 Å². The number of para-hydroxylation sites is 1. The first-order valence-corrected chi connectivity index (χ1v) is 5.59. The smallest absolute Gasteiger partial charge is 0.122 e. The number of hydrogen-bond acceptors (Lipinski definition) is 3. The zero-order valence-electron chi connectivity index (χ0n) is 9.84. The lowest BCUT2D eigenvalue weighted by atomic mass is 10.0. The summed E-state index contributed by atoms with van der Waals surface area (Å²) in [5.41, 5.74) is 8.14. The summed E-state index contributed by atoms with van der Waals surface area (Å²) in [6.45, 7) is 0. The van der Waals surface area contributed by atoms with Gasteiger partial charge in [0.05, 0.1) is 18.8 Å². The van der Waals surface area contributed by atoms with E-state index < -0.39 is 0 Å². The Bertz CT molecular complexity index is 471. The second kappa shape index (κ2) is 5.46. The number of pyridine rings is 1. The standard InChI is InChI=1S/C14H16N2O/c1-17-14-8-3-2-6-11(14)10-12(15)13-7-4-5-9-16-13/h2-9,12H,10,15H2,1H3. The van der Waals surface area contributed by atoms with Crippen LogP contribution in [0.2, 0.25) is 0 Å². The topological polar surface area (TPSA) is 48.1 Å². The number of nitrogens with zero attached hydrogens (tertiary/aromatic N) is 1. The Morgan fingerprint density at radius 3 is 2.65 bits per heavy atom. The molecule has 0 aliphatic carbocycles. The molecular formula is C14H16N2O. The highest BCUT2D eigenvalue weighted by molar-refractivity contribution is 5.34. The molecule has 0 bridgehead atoms. The second-order valence-corrected chi connectivity index (χ2v) is 3.88. The first-order chi connectivity index (χ1) is 8.31. The van der Waals surface area contributed by atoms with Crippen molar-refractivity contribution in [2.75, 3.05) is 7.11 Å². The van der Waals surface area contributed by atoms with Gasteiger partial charge in [0.1, 0.15) is 5.75 Å². The summed E-state index contributed by atoms with van der Waals surface area (Å²) < 4.78 is 5.31. The van der Waals surface area contributed by atoms with Gasteiger partial charge in [0.2, 0.25) is 0 Å². The Balaban J connectivity index is 2.16. The maximum atomic E-state index is 6.13. The summed E-state index contributed by atoms with van der Waals surface area (Å²) >= 11 is 0. The van der Waals surface area contributed by atoms with Gasteiger partial charge in [0.15, 0.2) is 0 Å². The average molecular weight is 228 g/mol. The molecular weight excluding hydrogens is 212 g/mol. The third-order valence-electron chi connectivity index (χ3n) is 2.70. The van der Waals surface area contributed by atoms with E-state index >= 15 is 0 Å². The Morgan fingerprint density at radius 1 is 1.18 bits per heavy atom. The van der Waals surface area contributed by atoms with Crippen LogP contribution in [-0.2, 0) is 6.42 Å². The van der Waals surface area contributed by atoms with Crippen LogP contribution in [0.4, 0.5) is 0 Å². The molecule has 0 saturated heterocycles. The Hall–Kier alpha value is -1.87. The number of rotatable bonds is 4. The van der Waals surface area contributed by atoms with E-state index in [1.165, 1.54) is 0 Å². The van der Waals surface area contributed by atoms with Crippen LogP contribution in [0.5, 0.6) is 5.75 Å². The van der Waals surface area contributed by atoms with Crippen molar-refractivity contribution in [3.05, 3.63) is 59.9 Å². The zero-order valence-corrected chi connectivity index (χ0v) is 9.84. The highest BCUT2D eigenvalue weighted by atomic mass is 16.5. The highest BCUT2D eigenvalue weighted by Crippen LogP contribution is 2.22. The van der Waals surface area contributed by atoms with E-state index in [0.29, 0.717) is 0 Å². The molecule has 3 heteroatoms. The van der Waals surface area contributed by atoms with Crippen LogP contribution in [0.1, 0.15) is 17.3 Å². The maximum absolute atomic E-state index is 6.13. The van der Waals surface area contributed by atoms with E-state index in [4.69, 9.17) is 10.5 Å². The Morgan fingerprint density at radius 2 is 1.94 bits per heavy atom. The molecule has 0 aliphatic heterocycles.